The molecular formula is C14H18ClNO4. The molecule has 0 N–H and O–H groups in total. The van der Waals surface area contributed by atoms with Crippen molar-refractivity contribution in [2.24, 2.45) is 0 Å². The van der Waals surface area contributed by atoms with E-state index in [0.29, 0.717) is 55.9 Å². The van der Waals surface area contributed by atoms with Crippen LogP contribution in [0.5, 0.6) is 11.5 Å². The summed E-state index contributed by atoms with van der Waals surface area (Å²) in [5.41, 5.74) is 0.503. The molecule has 1 aliphatic rings. The highest BCUT2D eigenvalue weighted by Crippen LogP contribution is 2.34. The molecule has 0 atom stereocenters. The highest BCUT2D eigenvalue weighted by atomic mass is 35.5. The van der Waals surface area contributed by atoms with E-state index in [4.69, 9.17) is 25.8 Å². The average molecular weight is 300 g/mol. The molecule has 0 unspecified atom stereocenters. The van der Waals surface area contributed by atoms with Gasteiger partial charge in [-0.3, -0.25) is 4.79 Å². The number of rotatable bonds is 6. The van der Waals surface area contributed by atoms with Crippen molar-refractivity contribution >= 4 is 17.5 Å². The van der Waals surface area contributed by atoms with Gasteiger partial charge in [-0.25, -0.2) is 0 Å². The summed E-state index contributed by atoms with van der Waals surface area (Å²) in [5.74, 6) is 1.38. The van der Waals surface area contributed by atoms with Crippen molar-refractivity contribution < 1.29 is 19.0 Å². The Kier molecular flexibility index (Phi) is 5.49. The molecule has 5 nitrogen and oxygen atoms in total. The number of amides is 1. The van der Waals surface area contributed by atoms with Crippen LogP contribution in [0, 0.1) is 0 Å². The van der Waals surface area contributed by atoms with Gasteiger partial charge in [0.05, 0.1) is 12.2 Å². The summed E-state index contributed by atoms with van der Waals surface area (Å²) in [6, 6.07) is 5.33. The molecule has 1 aliphatic heterocycles. The van der Waals surface area contributed by atoms with Gasteiger partial charge < -0.3 is 19.1 Å². The van der Waals surface area contributed by atoms with Crippen molar-refractivity contribution in [2.75, 3.05) is 45.9 Å². The Bertz CT molecular complexity index is 466. The lowest BCUT2D eigenvalue weighted by Gasteiger charge is -2.25. The summed E-state index contributed by atoms with van der Waals surface area (Å²) < 4.78 is 16.1. The standard InChI is InChI=1S/C14H18ClNO4/c1-18-8-7-16(6-5-15)14(17)11-3-2-4-12-13(11)20-10-9-19-12/h2-4H,5-10H2,1H3. The monoisotopic (exact) mass is 299 g/mol. The van der Waals surface area contributed by atoms with Gasteiger partial charge in [0.15, 0.2) is 11.5 Å². The number of nitrogens with zero attached hydrogens (tertiary/aromatic N) is 1. The third kappa shape index (κ3) is 3.35. The fraction of sp³-hybridized carbons (Fsp3) is 0.500. The molecule has 1 heterocycles. The van der Waals surface area contributed by atoms with Gasteiger partial charge >= 0.3 is 0 Å². The van der Waals surface area contributed by atoms with Crippen molar-refractivity contribution in [1.29, 1.82) is 0 Å². The summed E-state index contributed by atoms with van der Waals surface area (Å²) >= 11 is 5.76. The van der Waals surface area contributed by atoms with Crippen molar-refractivity contribution in [3.63, 3.8) is 0 Å². The molecule has 1 amide bonds. The van der Waals surface area contributed by atoms with Crippen LogP contribution in [0.1, 0.15) is 10.4 Å². The summed E-state index contributed by atoms with van der Waals surface area (Å²) in [4.78, 5) is 14.2. The van der Waals surface area contributed by atoms with E-state index in [1.165, 1.54) is 0 Å². The molecule has 6 heteroatoms. The molecule has 0 saturated heterocycles. The first-order valence-corrected chi connectivity index (χ1v) is 7.04. The van der Waals surface area contributed by atoms with E-state index in [9.17, 15) is 4.79 Å². The number of alkyl halides is 1. The number of ether oxygens (including phenoxy) is 3. The molecule has 0 saturated carbocycles. The molecule has 0 fully saturated rings. The maximum absolute atomic E-state index is 12.6. The minimum atomic E-state index is -0.120. The van der Waals surface area contributed by atoms with Crippen LogP contribution in [0.25, 0.3) is 0 Å². The van der Waals surface area contributed by atoms with Crippen LogP contribution in [0.15, 0.2) is 18.2 Å². The van der Waals surface area contributed by atoms with Gasteiger partial charge in [0.1, 0.15) is 13.2 Å². The van der Waals surface area contributed by atoms with Gasteiger partial charge in [-0.2, -0.15) is 0 Å². The molecule has 110 valence electrons. The molecule has 0 bridgehead atoms. The number of benzene rings is 1. The van der Waals surface area contributed by atoms with Gasteiger partial charge in [0.25, 0.3) is 5.91 Å². The van der Waals surface area contributed by atoms with E-state index in [0.717, 1.165) is 0 Å². The van der Waals surface area contributed by atoms with Crippen LogP contribution in [0.2, 0.25) is 0 Å². The first kappa shape index (κ1) is 14.9. The van der Waals surface area contributed by atoms with Crippen molar-refractivity contribution in [3.05, 3.63) is 23.8 Å². The fourth-order valence-electron chi connectivity index (χ4n) is 2.03. The zero-order valence-corrected chi connectivity index (χ0v) is 12.2. The number of fused-ring (bicyclic) bond motifs is 1. The number of methoxy groups -OCH3 is 1. The highest BCUT2D eigenvalue weighted by Gasteiger charge is 2.23. The molecule has 0 radical (unpaired) electrons. The molecule has 2 rings (SSSR count). The van der Waals surface area contributed by atoms with Gasteiger partial charge in [-0.15, -0.1) is 11.6 Å². The fourth-order valence-corrected chi connectivity index (χ4v) is 2.23. The van der Waals surface area contributed by atoms with Gasteiger partial charge in [0.2, 0.25) is 0 Å². The Balaban J connectivity index is 2.22. The van der Waals surface area contributed by atoms with Crippen molar-refractivity contribution in [1.82, 2.24) is 4.90 Å². The zero-order valence-electron chi connectivity index (χ0n) is 11.4. The van der Waals surface area contributed by atoms with E-state index in [1.54, 1.807) is 30.2 Å². The largest absolute Gasteiger partial charge is 0.486 e. The van der Waals surface area contributed by atoms with Crippen LogP contribution >= 0.6 is 11.6 Å². The number of halogens is 1. The van der Waals surface area contributed by atoms with E-state index in [-0.39, 0.29) is 5.91 Å². The summed E-state index contributed by atoms with van der Waals surface area (Å²) in [7, 11) is 1.60. The maximum atomic E-state index is 12.6. The third-order valence-electron chi connectivity index (χ3n) is 3.00. The summed E-state index contributed by atoms with van der Waals surface area (Å²) in [6.45, 7) is 2.38. The Labute approximate surface area is 123 Å². The Morgan fingerprint density at radius 3 is 2.90 bits per heavy atom. The minimum absolute atomic E-state index is 0.120. The molecule has 1 aromatic carbocycles. The molecular weight excluding hydrogens is 282 g/mol. The molecule has 0 aromatic heterocycles. The lowest BCUT2D eigenvalue weighted by atomic mass is 10.1. The lowest BCUT2D eigenvalue weighted by molar-refractivity contribution is 0.0698. The van der Waals surface area contributed by atoms with Crippen molar-refractivity contribution in [2.45, 2.75) is 0 Å². The topological polar surface area (TPSA) is 48.0 Å². The van der Waals surface area contributed by atoms with Crippen LogP contribution in [0.4, 0.5) is 0 Å². The molecule has 0 spiro atoms. The van der Waals surface area contributed by atoms with E-state index in [1.807, 2.05) is 0 Å². The van der Waals surface area contributed by atoms with Gasteiger partial charge in [-0.1, -0.05) is 6.07 Å². The number of hydrogen-bond acceptors (Lipinski definition) is 4. The number of hydrogen-bond donors (Lipinski definition) is 0. The Morgan fingerprint density at radius 2 is 2.15 bits per heavy atom. The third-order valence-corrected chi connectivity index (χ3v) is 3.17. The second-order valence-electron chi connectivity index (χ2n) is 4.30. The number of carbonyl (C=O) groups excluding carboxylic acids is 1. The van der Waals surface area contributed by atoms with Crippen LogP contribution < -0.4 is 9.47 Å². The predicted octanol–water partition coefficient (Wildman–Crippen LogP) is 1.79. The van der Waals surface area contributed by atoms with Crippen LogP contribution in [-0.4, -0.2) is 56.7 Å². The molecule has 20 heavy (non-hydrogen) atoms. The summed E-state index contributed by atoms with van der Waals surface area (Å²) in [6.07, 6.45) is 0. The van der Waals surface area contributed by atoms with Crippen LogP contribution in [0.3, 0.4) is 0 Å². The quantitative estimate of drug-likeness (QED) is 0.751. The molecule has 1 aromatic rings. The smallest absolute Gasteiger partial charge is 0.257 e. The second-order valence-corrected chi connectivity index (χ2v) is 4.68. The Hall–Kier alpha value is -1.46. The van der Waals surface area contributed by atoms with Crippen LogP contribution in [-0.2, 0) is 4.74 Å². The van der Waals surface area contributed by atoms with E-state index < -0.39 is 0 Å². The van der Waals surface area contributed by atoms with Gasteiger partial charge in [0, 0.05) is 26.1 Å². The number of para-hydroxylation sites is 1. The highest BCUT2D eigenvalue weighted by molar-refractivity contribution is 6.18. The second kappa shape index (κ2) is 7.36. The predicted molar refractivity (Wildman–Crippen MR) is 75.9 cm³/mol. The first-order valence-electron chi connectivity index (χ1n) is 6.50. The van der Waals surface area contributed by atoms with Gasteiger partial charge in [-0.05, 0) is 12.1 Å². The zero-order chi connectivity index (χ0) is 14.4. The van der Waals surface area contributed by atoms with Crippen molar-refractivity contribution in [3.8, 4) is 11.5 Å². The average Bonchev–Trinajstić information content (AvgIpc) is 2.50. The Morgan fingerprint density at radius 1 is 1.35 bits per heavy atom. The molecule has 0 aliphatic carbocycles. The maximum Gasteiger partial charge on any atom is 0.257 e. The SMILES string of the molecule is COCCN(CCCl)C(=O)c1cccc2c1OCCO2. The normalized spacial score (nSPS) is 13.1. The number of carbonyl (C=O) groups is 1. The van der Waals surface area contributed by atoms with E-state index >= 15 is 0 Å². The first-order chi connectivity index (χ1) is 9.77. The van der Waals surface area contributed by atoms with E-state index in [2.05, 4.69) is 0 Å². The summed E-state index contributed by atoms with van der Waals surface area (Å²) in [5, 5.41) is 0. The minimum Gasteiger partial charge on any atom is -0.486 e. The lowest BCUT2D eigenvalue weighted by Crippen LogP contribution is -2.36.